The Balaban J connectivity index is 1.37. The lowest BCUT2D eigenvalue weighted by Crippen LogP contribution is -2.50. The van der Waals surface area contributed by atoms with Crippen molar-refractivity contribution in [3.63, 3.8) is 0 Å². The first kappa shape index (κ1) is 21.4. The summed E-state index contributed by atoms with van der Waals surface area (Å²) >= 11 is 0. The first-order chi connectivity index (χ1) is 15.0. The zero-order valence-corrected chi connectivity index (χ0v) is 18.6. The minimum Gasteiger partial charge on any atom is -0.367 e. The SMILES string of the molecule is Cc1cc(C)n(CC(=O)N2CCN(c3ccccc3C(=O)NC3CCCCC3)CC2)n1. The number of anilines is 1. The number of carbonyl (C=O) groups is 2. The van der Waals surface area contributed by atoms with Crippen LogP contribution in [0.4, 0.5) is 5.69 Å². The second-order valence-corrected chi connectivity index (χ2v) is 8.78. The summed E-state index contributed by atoms with van der Waals surface area (Å²) in [6, 6.07) is 10.1. The van der Waals surface area contributed by atoms with E-state index in [4.69, 9.17) is 0 Å². The quantitative estimate of drug-likeness (QED) is 0.803. The van der Waals surface area contributed by atoms with Crippen LogP contribution in [0, 0.1) is 13.8 Å². The molecule has 31 heavy (non-hydrogen) atoms. The number of piperazine rings is 1. The second kappa shape index (κ2) is 9.54. The van der Waals surface area contributed by atoms with Crippen LogP contribution in [0.5, 0.6) is 0 Å². The molecule has 0 radical (unpaired) electrons. The van der Waals surface area contributed by atoms with Crippen LogP contribution in [0.3, 0.4) is 0 Å². The van der Waals surface area contributed by atoms with Gasteiger partial charge in [0.1, 0.15) is 6.54 Å². The number of nitrogens with zero attached hydrogens (tertiary/aromatic N) is 4. The van der Waals surface area contributed by atoms with Gasteiger partial charge in [-0.25, -0.2) is 0 Å². The minimum atomic E-state index is 0.0190. The molecule has 2 amide bonds. The molecule has 2 aliphatic rings. The number of nitrogens with one attached hydrogen (secondary N) is 1. The molecule has 0 bridgehead atoms. The van der Waals surface area contributed by atoms with Gasteiger partial charge in [-0.05, 0) is 44.9 Å². The Bertz CT molecular complexity index is 924. The van der Waals surface area contributed by atoms with E-state index in [1.807, 2.05) is 49.1 Å². The number of hydrogen-bond donors (Lipinski definition) is 1. The van der Waals surface area contributed by atoms with Gasteiger partial charge >= 0.3 is 0 Å². The fourth-order valence-electron chi connectivity index (χ4n) is 4.71. The van der Waals surface area contributed by atoms with Crippen LogP contribution in [-0.2, 0) is 11.3 Å². The van der Waals surface area contributed by atoms with Crippen molar-refractivity contribution in [3.05, 3.63) is 47.3 Å². The van der Waals surface area contributed by atoms with Gasteiger partial charge < -0.3 is 15.1 Å². The third-order valence-corrected chi connectivity index (χ3v) is 6.45. The average molecular weight is 424 g/mol. The highest BCUT2D eigenvalue weighted by molar-refractivity contribution is 6.00. The molecule has 1 aromatic heterocycles. The third kappa shape index (κ3) is 5.09. The van der Waals surface area contributed by atoms with Crippen LogP contribution in [0.25, 0.3) is 0 Å². The molecule has 0 atom stereocenters. The maximum atomic E-state index is 13.0. The molecular weight excluding hydrogens is 390 g/mol. The van der Waals surface area contributed by atoms with Gasteiger partial charge in [0.2, 0.25) is 5.91 Å². The monoisotopic (exact) mass is 423 g/mol. The van der Waals surface area contributed by atoms with Gasteiger partial charge in [0.25, 0.3) is 5.91 Å². The van der Waals surface area contributed by atoms with Crippen molar-refractivity contribution >= 4 is 17.5 Å². The fraction of sp³-hybridized carbons (Fsp3) is 0.542. The first-order valence-electron chi connectivity index (χ1n) is 11.4. The normalized spacial score (nSPS) is 17.6. The average Bonchev–Trinajstić information content (AvgIpc) is 3.11. The van der Waals surface area contributed by atoms with Crippen LogP contribution in [0.15, 0.2) is 30.3 Å². The van der Waals surface area contributed by atoms with E-state index in [9.17, 15) is 9.59 Å². The molecule has 2 aromatic rings. The Morgan fingerprint density at radius 2 is 1.74 bits per heavy atom. The predicted molar refractivity (Wildman–Crippen MR) is 121 cm³/mol. The molecule has 7 heteroatoms. The number of aromatic nitrogens is 2. The van der Waals surface area contributed by atoms with E-state index >= 15 is 0 Å². The number of amides is 2. The summed E-state index contributed by atoms with van der Waals surface area (Å²) in [7, 11) is 0. The molecule has 1 aliphatic heterocycles. The van der Waals surface area contributed by atoms with Gasteiger partial charge in [-0.3, -0.25) is 14.3 Å². The maximum Gasteiger partial charge on any atom is 0.253 e. The predicted octanol–water partition coefficient (Wildman–Crippen LogP) is 2.91. The summed E-state index contributed by atoms with van der Waals surface area (Å²) in [5, 5.41) is 7.64. The van der Waals surface area contributed by atoms with Gasteiger partial charge in [-0.2, -0.15) is 5.10 Å². The standard InChI is InChI=1S/C24H33N5O2/c1-18-16-19(2)29(26-18)17-23(30)28-14-12-27(13-15-28)22-11-7-6-10-21(22)24(31)25-20-8-4-3-5-9-20/h6-7,10-11,16,20H,3-5,8-9,12-15,17H2,1-2H3,(H,25,31). The molecule has 166 valence electrons. The number of hydrogen-bond acceptors (Lipinski definition) is 4. The summed E-state index contributed by atoms with van der Waals surface area (Å²) in [5.41, 5.74) is 3.62. The molecule has 1 saturated carbocycles. The van der Waals surface area contributed by atoms with Crippen molar-refractivity contribution < 1.29 is 9.59 Å². The Hall–Kier alpha value is -2.83. The third-order valence-electron chi connectivity index (χ3n) is 6.45. The molecule has 0 unspecified atom stereocenters. The summed E-state index contributed by atoms with van der Waals surface area (Å²) in [6.07, 6.45) is 5.81. The van der Waals surface area contributed by atoms with Crippen LogP contribution in [0.2, 0.25) is 0 Å². The summed E-state index contributed by atoms with van der Waals surface area (Å²) in [6.45, 7) is 6.93. The lowest BCUT2D eigenvalue weighted by atomic mass is 9.95. The van der Waals surface area contributed by atoms with Crippen LogP contribution in [-0.4, -0.2) is 58.7 Å². The molecule has 2 heterocycles. The maximum absolute atomic E-state index is 13.0. The first-order valence-corrected chi connectivity index (χ1v) is 11.4. The molecule has 1 saturated heterocycles. The molecule has 4 rings (SSSR count). The molecular formula is C24H33N5O2. The van der Waals surface area contributed by atoms with Crippen molar-refractivity contribution in [2.75, 3.05) is 31.1 Å². The van der Waals surface area contributed by atoms with E-state index in [0.29, 0.717) is 13.1 Å². The van der Waals surface area contributed by atoms with E-state index in [-0.39, 0.29) is 24.4 Å². The van der Waals surface area contributed by atoms with E-state index in [1.54, 1.807) is 4.68 Å². The number of carbonyl (C=O) groups excluding carboxylic acids is 2. The lowest BCUT2D eigenvalue weighted by molar-refractivity contribution is -0.132. The molecule has 1 aromatic carbocycles. The van der Waals surface area contributed by atoms with Gasteiger partial charge in [-0.15, -0.1) is 0 Å². The van der Waals surface area contributed by atoms with Gasteiger partial charge in [0, 0.05) is 43.6 Å². The van der Waals surface area contributed by atoms with Crippen LogP contribution in [0.1, 0.15) is 53.8 Å². The van der Waals surface area contributed by atoms with Gasteiger partial charge in [-0.1, -0.05) is 31.4 Å². The fourth-order valence-corrected chi connectivity index (χ4v) is 4.71. The highest BCUT2D eigenvalue weighted by Crippen LogP contribution is 2.24. The van der Waals surface area contributed by atoms with Crippen molar-refractivity contribution in [1.29, 1.82) is 0 Å². The van der Waals surface area contributed by atoms with E-state index in [1.165, 1.54) is 19.3 Å². The Labute approximate surface area is 184 Å². The highest BCUT2D eigenvalue weighted by Gasteiger charge is 2.25. The van der Waals surface area contributed by atoms with Crippen LogP contribution < -0.4 is 10.2 Å². The number of para-hydroxylation sites is 1. The Kier molecular flexibility index (Phi) is 6.59. The smallest absolute Gasteiger partial charge is 0.253 e. The summed E-state index contributed by atoms with van der Waals surface area (Å²) in [5.74, 6) is 0.111. The van der Waals surface area contributed by atoms with E-state index in [2.05, 4.69) is 15.3 Å². The van der Waals surface area contributed by atoms with Crippen molar-refractivity contribution in [2.24, 2.45) is 0 Å². The van der Waals surface area contributed by atoms with Gasteiger partial charge in [0.05, 0.1) is 11.3 Å². The Morgan fingerprint density at radius 3 is 2.42 bits per heavy atom. The van der Waals surface area contributed by atoms with E-state index < -0.39 is 0 Å². The largest absolute Gasteiger partial charge is 0.367 e. The molecule has 7 nitrogen and oxygen atoms in total. The zero-order valence-electron chi connectivity index (χ0n) is 18.6. The summed E-state index contributed by atoms with van der Waals surface area (Å²) < 4.78 is 1.77. The zero-order chi connectivity index (χ0) is 21.8. The lowest BCUT2D eigenvalue weighted by Gasteiger charge is -2.37. The van der Waals surface area contributed by atoms with E-state index in [0.717, 1.165) is 48.6 Å². The van der Waals surface area contributed by atoms with Gasteiger partial charge in [0.15, 0.2) is 0 Å². The van der Waals surface area contributed by atoms with Crippen LogP contribution >= 0.6 is 0 Å². The van der Waals surface area contributed by atoms with Crippen molar-refractivity contribution in [3.8, 4) is 0 Å². The highest BCUT2D eigenvalue weighted by atomic mass is 16.2. The number of aryl methyl sites for hydroxylation is 2. The number of benzene rings is 1. The topological polar surface area (TPSA) is 70.5 Å². The summed E-state index contributed by atoms with van der Waals surface area (Å²) in [4.78, 5) is 29.9. The molecule has 2 fully saturated rings. The molecule has 0 spiro atoms. The second-order valence-electron chi connectivity index (χ2n) is 8.78. The van der Waals surface area contributed by atoms with Crippen molar-refractivity contribution in [2.45, 2.75) is 58.5 Å². The minimum absolute atomic E-state index is 0.0190. The van der Waals surface area contributed by atoms with Crippen molar-refractivity contribution in [1.82, 2.24) is 20.0 Å². The molecule has 1 N–H and O–H groups in total. The Morgan fingerprint density at radius 1 is 1.03 bits per heavy atom. The number of rotatable bonds is 5. The molecule has 1 aliphatic carbocycles.